The molecule has 0 saturated heterocycles. The van der Waals surface area contributed by atoms with Crippen molar-refractivity contribution >= 4 is 27.3 Å². The number of hydrogen-bond donors (Lipinski definition) is 3. The number of aromatic amines is 1. The zero-order valence-corrected chi connectivity index (χ0v) is 15.3. The number of methoxy groups -OCH3 is 1. The number of H-pyrrole nitrogens is 1. The van der Waals surface area contributed by atoms with E-state index in [-0.39, 0.29) is 12.3 Å². The fraction of sp³-hybridized carbons (Fsp3) is 0.385. The number of sulfonamides is 1. The van der Waals surface area contributed by atoms with Gasteiger partial charge in [-0.2, -0.15) is 18.2 Å². The Hall–Kier alpha value is -2.78. The van der Waals surface area contributed by atoms with E-state index >= 15 is 0 Å². The van der Waals surface area contributed by atoms with Crippen LogP contribution >= 0.6 is 0 Å². The number of aromatic nitrogens is 3. The summed E-state index contributed by atoms with van der Waals surface area (Å²) >= 11 is 0. The molecule has 2 rings (SSSR count). The van der Waals surface area contributed by atoms with Gasteiger partial charge in [-0.15, -0.1) is 5.10 Å². The molecule has 0 amide bonds. The lowest BCUT2D eigenvalue weighted by atomic mass is 10.2. The minimum Gasteiger partial charge on any atom is -0.383 e. The maximum Gasteiger partial charge on any atom is 0.451 e. The van der Waals surface area contributed by atoms with E-state index in [1.165, 1.54) is 14.0 Å². The summed E-state index contributed by atoms with van der Waals surface area (Å²) in [4.78, 5) is 13.1. The summed E-state index contributed by atoms with van der Waals surface area (Å²) in [5.74, 6) is -1.97. The number of nitro groups is 1. The van der Waals surface area contributed by atoms with Crippen molar-refractivity contribution in [2.45, 2.75) is 24.0 Å². The molecule has 1 heterocycles. The highest BCUT2D eigenvalue weighted by Crippen LogP contribution is 2.31. The number of halogens is 3. The molecule has 0 unspecified atom stereocenters. The molecule has 1 aromatic heterocycles. The first-order valence-electron chi connectivity index (χ1n) is 7.50. The summed E-state index contributed by atoms with van der Waals surface area (Å²) in [5, 5.41) is 18.5. The number of nitrogens with one attached hydrogen (secondary N) is 3. The van der Waals surface area contributed by atoms with Gasteiger partial charge in [-0.05, 0) is 19.1 Å². The lowest BCUT2D eigenvalue weighted by Crippen LogP contribution is -2.35. The largest absolute Gasteiger partial charge is 0.451 e. The number of benzene rings is 1. The van der Waals surface area contributed by atoms with Crippen LogP contribution in [-0.4, -0.2) is 48.3 Å². The highest BCUT2D eigenvalue weighted by atomic mass is 32.2. The van der Waals surface area contributed by atoms with Crippen LogP contribution in [0.5, 0.6) is 0 Å². The molecule has 2 aromatic rings. The van der Waals surface area contributed by atoms with Crippen LogP contribution in [0, 0.1) is 10.1 Å². The van der Waals surface area contributed by atoms with Crippen molar-refractivity contribution in [3.63, 3.8) is 0 Å². The van der Waals surface area contributed by atoms with E-state index < -0.39 is 49.5 Å². The summed E-state index contributed by atoms with van der Waals surface area (Å²) < 4.78 is 69.3. The number of rotatable bonds is 8. The summed E-state index contributed by atoms with van der Waals surface area (Å²) in [7, 11) is -2.71. The van der Waals surface area contributed by atoms with Crippen LogP contribution in [0.1, 0.15) is 12.7 Å². The minimum absolute atomic E-state index is 0.0767. The number of alkyl halides is 3. The summed E-state index contributed by atoms with van der Waals surface area (Å²) in [5.41, 5.74) is -0.984. The van der Waals surface area contributed by atoms with Crippen molar-refractivity contribution in [1.29, 1.82) is 0 Å². The van der Waals surface area contributed by atoms with E-state index in [1.807, 2.05) is 0 Å². The molecule has 0 saturated carbocycles. The van der Waals surface area contributed by atoms with E-state index in [9.17, 15) is 31.7 Å². The van der Waals surface area contributed by atoms with E-state index in [0.717, 1.165) is 18.2 Å². The van der Waals surface area contributed by atoms with Gasteiger partial charge in [0, 0.05) is 19.2 Å². The molecule has 154 valence electrons. The van der Waals surface area contributed by atoms with Crippen LogP contribution in [0.3, 0.4) is 0 Å². The van der Waals surface area contributed by atoms with Crippen LogP contribution in [0.25, 0.3) is 0 Å². The standard InChI is InChI=1S/C13H15F3N6O5S/c1-7(6-27-2)21-28(25,26)8-3-4-9(10(5-8)22(23)24)17-12-18-11(19-20-12)13(14,15)16/h3-5,7,21H,6H2,1-2H3,(H2,17,18,19,20)/t7-/m0/s1. The molecule has 1 aromatic carbocycles. The molecule has 1 atom stereocenters. The summed E-state index contributed by atoms with van der Waals surface area (Å²) in [6, 6.07) is 2.24. The molecule has 0 bridgehead atoms. The fourth-order valence-electron chi connectivity index (χ4n) is 2.12. The van der Waals surface area contributed by atoms with Crippen molar-refractivity contribution in [2.75, 3.05) is 19.0 Å². The molecular formula is C13H15F3N6O5S. The van der Waals surface area contributed by atoms with Crippen molar-refractivity contribution in [3.8, 4) is 0 Å². The Bertz CT molecular complexity index is 962. The second-order valence-corrected chi connectivity index (χ2v) is 7.26. The number of nitro benzene ring substituents is 1. The Morgan fingerprint density at radius 2 is 2.07 bits per heavy atom. The number of nitrogens with zero attached hydrogens (tertiary/aromatic N) is 3. The smallest absolute Gasteiger partial charge is 0.383 e. The second-order valence-electron chi connectivity index (χ2n) is 5.54. The Morgan fingerprint density at radius 1 is 1.39 bits per heavy atom. The van der Waals surface area contributed by atoms with Gasteiger partial charge >= 0.3 is 6.18 Å². The average molecular weight is 424 g/mol. The summed E-state index contributed by atoms with van der Waals surface area (Å²) in [6.45, 7) is 1.61. The van der Waals surface area contributed by atoms with Gasteiger partial charge in [0.25, 0.3) is 5.69 Å². The maximum absolute atomic E-state index is 12.5. The Morgan fingerprint density at radius 3 is 2.61 bits per heavy atom. The summed E-state index contributed by atoms with van der Waals surface area (Å²) in [6.07, 6.45) is -4.78. The van der Waals surface area contributed by atoms with Crippen LogP contribution in [0.2, 0.25) is 0 Å². The van der Waals surface area contributed by atoms with E-state index in [2.05, 4.69) is 20.1 Å². The van der Waals surface area contributed by atoms with Crippen LogP contribution < -0.4 is 10.0 Å². The first-order valence-corrected chi connectivity index (χ1v) is 8.98. The fourth-order valence-corrected chi connectivity index (χ4v) is 3.37. The van der Waals surface area contributed by atoms with Gasteiger partial charge in [-0.25, -0.2) is 13.1 Å². The van der Waals surface area contributed by atoms with Gasteiger partial charge in [-0.3, -0.25) is 15.2 Å². The topological polar surface area (TPSA) is 152 Å². The van der Waals surface area contributed by atoms with Gasteiger partial charge in [-0.1, -0.05) is 0 Å². The third-order valence-electron chi connectivity index (χ3n) is 3.25. The quantitative estimate of drug-likeness (QED) is 0.428. The van der Waals surface area contributed by atoms with Crippen molar-refractivity contribution in [2.24, 2.45) is 0 Å². The Balaban J connectivity index is 2.33. The van der Waals surface area contributed by atoms with Gasteiger partial charge in [0.15, 0.2) is 0 Å². The predicted molar refractivity (Wildman–Crippen MR) is 89.4 cm³/mol. The number of anilines is 2. The highest BCUT2D eigenvalue weighted by Gasteiger charge is 2.35. The lowest BCUT2D eigenvalue weighted by Gasteiger charge is -2.13. The van der Waals surface area contributed by atoms with E-state index in [0.29, 0.717) is 0 Å². The second kappa shape index (κ2) is 8.07. The molecule has 15 heteroatoms. The molecule has 0 fully saturated rings. The van der Waals surface area contributed by atoms with Crippen molar-refractivity contribution in [1.82, 2.24) is 19.9 Å². The Kier molecular flexibility index (Phi) is 6.20. The first-order chi connectivity index (χ1) is 12.9. The molecule has 0 aliphatic carbocycles. The third-order valence-corrected chi connectivity index (χ3v) is 4.84. The molecule has 11 nitrogen and oxygen atoms in total. The predicted octanol–water partition coefficient (Wildman–Crippen LogP) is 1.79. The van der Waals surface area contributed by atoms with E-state index in [1.54, 1.807) is 5.10 Å². The highest BCUT2D eigenvalue weighted by molar-refractivity contribution is 7.89. The third kappa shape index (κ3) is 5.14. The van der Waals surface area contributed by atoms with Crippen molar-refractivity contribution < 1.29 is 31.2 Å². The van der Waals surface area contributed by atoms with Gasteiger partial charge in [0.1, 0.15) is 5.69 Å². The van der Waals surface area contributed by atoms with Gasteiger partial charge in [0.2, 0.25) is 21.8 Å². The van der Waals surface area contributed by atoms with Crippen LogP contribution in [0.4, 0.5) is 30.5 Å². The minimum atomic E-state index is -4.78. The number of hydrogen-bond acceptors (Lipinski definition) is 8. The lowest BCUT2D eigenvalue weighted by molar-refractivity contribution is -0.384. The molecule has 0 radical (unpaired) electrons. The molecule has 0 aliphatic rings. The SMILES string of the molecule is COC[C@H](C)NS(=O)(=O)c1ccc(Nc2n[nH]c(C(F)(F)F)n2)c([N+](=O)[O-])c1. The molecule has 0 aliphatic heterocycles. The van der Waals surface area contributed by atoms with Gasteiger partial charge < -0.3 is 10.1 Å². The zero-order valence-electron chi connectivity index (χ0n) is 14.4. The van der Waals surface area contributed by atoms with Gasteiger partial charge in [0.05, 0.1) is 16.4 Å². The van der Waals surface area contributed by atoms with Crippen LogP contribution in [0.15, 0.2) is 23.1 Å². The Labute approximate surface area is 156 Å². The molecule has 28 heavy (non-hydrogen) atoms. The number of ether oxygens (including phenoxy) is 1. The normalized spacial score (nSPS) is 13.3. The van der Waals surface area contributed by atoms with Crippen molar-refractivity contribution in [3.05, 3.63) is 34.1 Å². The molecule has 3 N–H and O–H groups in total. The average Bonchev–Trinajstić information content (AvgIpc) is 3.03. The molecule has 0 spiro atoms. The maximum atomic E-state index is 12.5. The van der Waals surface area contributed by atoms with E-state index in [4.69, 9.17) is 4.74 Å². The zero-order chi connectivity index (χ0) is 21.1. The monoisotopic (exact) mass is 424 g/mol. The molecular weight excluding hydrogens is 409 g/mol. The van der Waals surface area contributed by atoms with Crippen LogP contribution in [-0.2, 0) is 20.9 Å². The first kappa shape index (κ1) is 21.5.